The maximum absolute atomic E-state index is 2.27. The lowest BCUT2D eigenvalue weighted by Crippen LogP contribution is -1.82. The van der Waals surface area contributed by atoms with E-state index < -0.39 is 0 Å². The van der Waals surface area contributed by atoms with Crippen LogP contribution in [0.4, 0.5) is 0 Å². The van der Waals surface area contributed by atoms with Crippen molar-refractivity contribution in [3.63, 3.8) is 0 Å². The lowest BCUT2D eigenvalue weighted by Gasteiger charge is -2.04. The summed E-state index contributed by atoms with van der Waals surface area (Å²) in [6, 6.07) is 0. The van der Waals surface area contributed by atoms with Crippen LogP contribution in [0.5, 0.6) is 0 Å². The summed E-state index contributed by atoms with van der Waals surface area (Å²) in [6.45, 7) is 0. The van der Waals surface area contributed by atoms with E-state index in [1.165, 1.54) is 22.8 Å². The van der Waals surface area contributed by atoms with Crippen LogP contribution in [0.25, 0.3) is 0 Å². The Hall–Kier alpha value is 0.180. The van der Waals surface area contributed by atoms with Gasteiger partial charge in [0.2, 0.25) is 0 Å². The minimum atomic E-state index is 1.19. The van der Waals surface area contributed by atoms with Crippen LogP contribution in [0, 0.1) is 0 Å². The van der Waals surface area contributed by atoms with Crippen LogP contribution in [0.3, 0.4) is 0 Å². The van der Waals surface area contributed by atoms with Crippen molar-refractivity contribution in [3.05, 3.63) is 22.0 Å². The molecular weight excluding hydrogens is 148 g/mol. The highest BCUT2D eigenvalue weighted by Gasteiger charge is 2.14. The molecule has 0 aromatic carbocycles. The summed E-state index contributed by atoms with van der Waals surface area (Å²) in [6.07, 6.45) is 5.83. The van der Waals surface area contributed by atoms with Crippen LogP contribution >= 0.6 is 23.5 Å². The van der Waals surface area contributed by atoms with Crippen LogP contribution in [0.1, 0.15) is 6.42 Å². The summed E-state index contributed by atoms with van der Waals surface area (Å²) in [5.74, 6) is 2.50. The lowest BCUT2D eigenvalue weighted by molar-refractivity contribution is 1.24. The Morgan fingerprint density at radius 1 is 1.33 bits per heavy atom. The van der Waals surface area contributed by atoms with E-state index in [1.54, 1.807) is 4.91 Å². The zero-order valence-corrected chi connectivity index (χ0v) is 6.73. The zero-order chi connectivity index (χ0) is 6.10. The number of rotatable bonds is 0. The van der Waals surface area contributed by atoms with Crippen molar-refractivity contribution in [2.45, 2.75) is 6.42 Å². The van der Waals surface area contributed by atoms with Gasteiger partial charge in [-0.05, 0) is 11.3 Å². The van der Waals surface area contributed by atoms with Gasteiger partial charge in [0.25, 0.3) is 0 Å². The number of hydrogen-bond donors (Lipinski definition) is 0. The second kappa shape index (κ2) is 2.43. The molecule has 0 fully saturated rings. The fourth-order valence-electron chi connectivity index (χ4n) is 1.05. The molecule has 0 saturated heterocycles. The topological polar surface area (TPSA) is 0 Å². The van der Waals surface area contributed by atoms with Crippen LogP contribution < -0.4 is 0 Å². The van der Waals surface area contributed by atoms with Gasteiger partial charge in [0.1, 0.15) is 0 Å². The Labute approximate surface area is 63.8 Å². The van der Waals surface area contributed by atoms with Crippen molar-refractivity contribution < 1.29 is 0 Å². The molecule has 0 spiro atoms. The average Bonchev–Trinajstić information content (AvgIpc) is 2.33. The first-order valence-corrected chi connectivity index (χ1v) is 5.09. The predicted octanol–water partition coefficient (Wildman–Crippen LogP) is 2.64. The third-order valence-electron chi connectivity index (χ3n) is 1.48. The summed E-state index contributed by atoms with van der Waals surface area (Å²) >= 11 is 4.00. The van der Waals surface area contributed by atoms with E-state index in [1.807, 2.05) is 23.5 Å². The Balaban J connectivity index is 2.28. The van der Waals surface area contributed by atoms with Gasteiger partial charge in [-0.2, -0.15) is 0 Å². The summed E-state index contributed by atoms with van der Waals surface area (Å²) in [5, 5.41) is 0. The molecule has 48 valence electrons. The molecule has 0 bridgehead atoms. The Bertz CT molecular complexity index is 179. The molecule has 2 rings (SSSR count). The summed E-state index contributed by atoms with van der Waals surface area (Å²) in [5.41, 5.74) is 0. The standard InChI is InChI=1S/C7H8S2/c1-2-6-7(8-4-1)3-5-9-6/h1-2H,3-5H2. The van der Waals surface area contributed by atoms with Crippen molar-refractivity contribution >= 4 is 23.5 Å². The molecule has 0 nitrogen and oxygen atoms in total. The molecule has 2 aliphatic heterocycles. The third-order valence-corrected chi connectivity index (χ3v) is 3.85. The van der Waals surface area contributed by atoms with Gasteiger partial charge in [-0.15, -0.1) is 23.5 Å². The summed E-state index contributed by atoms with van der Waals surface area (Å²) in [4.78, 5) is 3.16. The summed E-state index contributed by atoms with van der Waals surface area (Å²) < 4.78 is 0. The van der Waals surface area contributed by atoms with Gasteiger partial charge in [0.05, 0.1) is 0 Å². The highest BCUT2D eigenvalue weighted by Crippen LogP contribution is 2.40. The second-order valence-electron chi connectivity index (χ2n) is 2.10. The molecule has 0 aliphatic carbocycles. The highest BCUT2D eigenvalue weighted by atomic mass is 32.2. The van der Waals surface area contributed by atoms with Crippen molar-refractivity contribution in [2.24, 2.45) is 0 Å². The molecule has 0 atom stereocenters. The average molecular weight is 156 g/mol. The maximum Gasteiger partial charge on any atom is 0.0165 e. The lowest BCUT2D eigenvalue weighted by atomic mass is 10.4. The first-order valence-electron chi connectivity index (χ1n) is 3.12. The first kappa shape index (κ1) is 5.93. The normalized spacial score (nSPS) is 24.9. The first-order chi connectivity index (χ1) is 4.47. The van der Waals surface area contributed by atoms with Crippen LogP contribution in [0.15, 0.2) is 22.0 Å². The Morgan fingerprint density at radius 2 is 2.33 bits per heavy atom. The predicted molar refractivity (Wildman–Crippen MR) is 45.7 cm³/mol. The molecule has 0 aromatic heterocycles. The molecule has 2 heterocycles. The Morgan fingerprint density at radius 3 is 3.22 bits per heavy atom. The van der Waals surface area contributed by atoms with Gasteiger partial charge in [-0.3, -0.25) is 0 Å². The van der Waals surface area contributed by atoms with Crippen molar-refractivity contribution in [1.29, 1.82) is 0 Å². The molecule has 0 saturated carbocycles. The molecule has 0 amide bonds. The molecule has 0 radical (unpaired) electrons. The molecule has 0 unspecified atom stereocenters. The fraction of sp³-hybridized carbons (Fsp3) is 0.429. The number of thioether (sulfide) groups is 2. The van der Waals surface area contributed by atoms with Crippen LogP contribution in [-0.2, 0) is 0 Å². The molecule has 0 aromatic rings. The molecule has 2 heteroatoms. The number of allylic oxidation sites excluding steroid dienone is 2. The maximum atomic E-state index is 2.27. The third kappa shape index (κ3) is 1.06. The van der Waals surface area contributed by atoms with E-state index in [0.29, 0.717) is 0 Å². The van der Waals surface area contributed by atoms with Crippen LogP contribution in [-0.4, -0.2) is 11.5 Å². The minimum Gasteiger partial charge on any atom is -0.125 e. The fourth-order valence-corrected chi connectivity index (χ4v) is 3.36. The van der Waals surface area contributed by atoms with Gasteiger partial charge in [0.15, 0.2) is 0 Å². The monoisotopic (exact) mass is 156 g/mol. The minimum absolute atomic E-state index is 1.19. The Kier molecular flexibility index (Phi) is 1.60. The molecule has 9 heavy (non-hydrogen) atoms. The van der Waals surface area contributed by atoms with Gasteiger partial charge < -0.3 is 0 Å². The molecule has 2 aliphatic rings. The molecule has 0 N–H and O–H groups in total. The van der Waals surface area contributed by atoms with Gasteiger partial charge in [-0.25, -0.2) is 0 Å². The van der Waals surface area contributed by atoms with E-state index in [0.717, 1.165) is 0 Å². The largest absolute Gasteiger partial charge is 0.125 e. The van der Waals surface area contributed by atoms with Crippen molar-refractivity contribution in [2.75, 3.05) is 11.5 Å². The van der Waals surface area contributed by atoms with E-state index in [-0.39, 0.29) is 0 Å². The van der Waals surface area contributed by atoms with E-state index in [4.69, 9.17) is 0 Å². The van der Waals surface area contributed by atoms with E-state index >= 15 is 0 Å². The van der Waals surface area contributed by atoms with Crippen LogP contribution in [0.2, 0.25) is 0 Å². The van der Waals surface area contributed by atoms with Crippen molar-refractivity contribution in [1.82, 2.24) is 0 Å². The SMILES string of the molecule is C1=CC2=C(CCS2)SC1. The smallest absolute Gasteiger partial charge is 0.0165 e. The zero-order valence-electron chi connectivity index (χ0n) is 5.09. The van der Waals surface area contributed by atoms with E-state index in [9.17, 15) is 0 Å². The quantitative estimate of drug-likeness (QED) is 0.529. The van der Waals surface area contributed by atoms with Gasteiger partial charge >= 0.3 is 0 Å². The van der Waals surface area contributed by atoms with Crippen molar-refractivity contribution in [3.8, 4) is 0 Å². The molecular formula is C7H8S2. The summed E-state index contributed by atoms with van der Waals surface area (Å²) in [7, 11) is 0. The van der Waals surface area contributed by atoms with Gasteiger partial charge in [0, 0.05) is 16.4 Å². The number of hydrogen-bond acceptors (Lipinski definition) is 2. The van der Waals surface area contributed by atoms with E-state index in [2.05, 4.69) is 12.2 Å². The second-order valence-corrected chi connectivity index (χ2v) is 4.35. The highest BCUT2D eigenvalue weighted by molar-refractivity contribution is 8.07. The van der Waals surface area contributed by atoms with Gasteiger partial charge in [-0.1, -0.05) is 12.2 Å².